The Morgan fingerprint density at radius 3 is 2.79 bits per heavy atom. The molecular formula is C14H23BrN4. The second-order valence-corrected chi connectivity index (χ2v) is 6.14. The molecule has 3 N–H and O–H groups in total. The van der Waals surface area contributed by atoms with Gasteiger partial charge in [-0.1, -0.05) is 11.6 Å². The topological polar surface area (TPSA) is 55.9 Å². The number of hydrogen-bond donors (Lipinski definition) is 2. The molecule has 1 aliphatic carbocycles. The van der Waals surface area contributed by atoms with Gasteiger partial charge in [0.25, 0.3) is 0 Å². The molecule has 2 rings (SSSR count). The molecule has 0 spiro atoms. The predicted octanol–water partition coefficient (Wildman–Crippen LogP) is 2.76. The first-order chi connectivity index (χ1) is 9.11. The van der Waals surface area contributed by atoms with Gasteiger partial charge in [0, 0.05) is 19.5 Å². The molecule has 0 aliphatic heterocycles. The number of allylic oxidation sites excluding steroid dienone is 1. The lowest BCUT2D eigenvalue weighted by molar-refractivity contribution is 0.490. The second-order valence-electron chi connectivity index (χ2n) is 5.35. The molecule has 0 bridgehead atoms. The van der Waals surface area contributed by atoms with Crippen LogP contribution in [0.25, 0.3) is 0 Å². The normalized spacial score (nSPS) is 17.4. The van der Waals surface area contributed by atoms with Crippen molar-refractivity contribution in [2.45, 2.75) is 51.5 Å². The summed E-state index contributed by atoms with van der Waals surface area (Å²) >= 11 is 3.62. The van der Waals surface area contributed by atoms with Crippen LogP contribution in [0.4, 0.5) is 0 Å². The van der Waals surface area contributed by atoms with Crippen LogP contribution in [-0.2, 0) is 13.5 Å². The van der Waals surface area contributed by atoms with Crippen molar-refractivity contribution in [3.63, 3.8) is 0 Å². The largest absolute Gasteiger partial charge is 0.271 e. The zero-order valence-electron chi connectivity index (χ0n) is 11.7. The molecule has 19 heavy (non-hydrogen) atoms. The third kappa shape index (κ3) is 3.68. The SMILES string of the molecule is Cc1nn(C)c(CC(CC2=CCCCC2)NN)c1Br. The molecule has 5 heteroatoms. The summed E-state index contributed by atoms with van der Waals surface area (Å²) in [6, 6.07) is 0.274. The molecule has 0 amide bonds. The lowest BCUT2D eigenvalue weighted by Gasteiger charge is -2.20. The standard InChI is InChI=1S/C14H23BrN4/c1-10-14(15)13(19(2)18-10)9-12(17-16)8-11-6-4-3-5-7-11/h6,12,17H,3-5,7-9,16H2,1-2H3. The number of aromatic nitrogens is 2. The maximum absolute atomic E-state index is 5.72. The molecule has 0 saturated carbocycles. The molecular weight excluding hydrogens is 304 g/mol. The van der Waals surface area contributed by atoms with Crippen LogP contribution in [-0.4, -0.2) is 15.8 Å². The van der Waals surface area contributed by atoms with Gasteiger partial charge < -0.3 is 0 Å². The molecule has 1 heterocycles. The average Bonchev–Trinajstić information content (AvgIpc) is 2.65. The first-order valence-electron chi connectivity index (χ1n) is 6.93. The van der Waals surface area contributed by atoms with Crippen LogP contribution in [0, 0.1) is 6.92 Å². The van der Waals surface area contributed by atoms with Crippen LogP contribution in [0.1, 0.15) is 43.5 Å². The fraction of sp³-hybridized carbons (Fsp3) is 0.643. The van der Waals surface area contributed by atoms with Crippen LogP contribution in [0.3, 0.4) is 0 Å². The summed E-state index contributed by atoms with van der Waals surface area (Å²) < 4.78 is 3.05. The maximum atomic E-state index is 5.72. The number of nitrogens with two attached hydrogens (primary N) is 1. The number of hydrogen-bond acceptors (Lipinski definition) is 3. The molecule has 1 unspecified atom stereocenters. The fourth-order valence-electron chi connectivity index (χ4n) is 2.73. The second kappa shape index (κ2) is 6.68. The van der Waals surface area contributed by atoms with Gasteiger partial charge in [0.05, 0.1) is 15.9 Å². The number of nitrogens with one attached hydrogen (secondary N) is 1. The minimum atomic E-state index is 0.274. The Kier molecular flexibility index (Phi) is 5.19. The van der Waals surface area contributed by atoms with Crippen LogP contribution < -0.4 is 11.3 Å². The number of rotatable bonds is 5. The van der Waals surface area contributed by atoms with E-state index >= 15 is 0 Å². The zero-order valence-corrected chi connectivity index (χ0v) is 13.3. The van der Waals surface area contributed by atoms with Gasteiger partial charge in [0.15, 0.2) is 0 Å². The Morgan fingerprint density at radius 2 is 2.26 bits per heavy atom. The Labute approximate surface area is 123 Å². The summed E-state index contributed by atoms with van der Waals surface area (Å²) in [5.74, 6) is 5.72. The Balaban J connectivity index is 2.04. The summed E-state index contributed by atoms with van der Waals surface area (Å²) in [6.45, 7) is 2.02. The zero-order chi connectivity index (χ0) is 13.8. The minimum absolute atomic E-state index is 0.274. The third-order valence-corrected chi connectivity index (χ3v) is 4.86. The van der Waals surface area contributed by atoms with Gasteiger partial charge >= 0.3 is 0 Å². The van der Waals surface area contributed by atoms with Crippen LogP contribution in [0.15, 0.2) is 16.1 Å². The minimum Gasteiger partial charge on any atom is -0.271 e. The van der Waals surface area contributed by atoms with E-state index in [1.165, 1.54) is 31.4 Å². The van der Waals surface area contributed by atoms with Gasteiger partial charge in [0.1, 0.15) is 0 Å². The summed E-state index contributed by atoms with van der Waals surface area (Å²) in [5.41, 5.74) is 6.74. The fourth-order valence-corrected chi connectivity index (χ4v) is 3.23. The van der Waals surface area contributed by atoms with E-state index in [1.54, 1.807) is 5.57 Å². The van der Waals surface area contributed by atoms with E-state index in [0.717, 1.165) is 23.0 Å². The van der Waals surface area contributed by atoms with E-state index in [1.807, 2.05) is 18.7 Å². The van der Waals surface area contributed by atoms with Crippen LogP contribution >= 0.6 is 15.9 Å². The van der Waals surface area contributed by atoms with Crippen molar-refractivity contribution in [3.8, 4) is 0 Å². The van der Waals surface area contributed by atoms with Crippen molar-refractivity contribution in [2.24, 2.45) is 12.9 Å². The Bertz CT molecular complexity index is 464. The molecule has 0 radical (unpaired) electrons. The smallest absolute Gasteiger partial charge is 0.0738 e. The van der Waals surface area contributed by atoms with Crippen molar-refractivity contribution in [1.82, 2.24) is 15.2 Å². The van der Waals surface area contributed by atoms with Crippen molar-refractivity contribution in [3.05, 3.63) is 27.5 Å². The quantitative estimate of drug-likeness (QED) is 0.497. The van der Waals surface area contributed by atoms with E-state index in [4.69, 9.17) is 5.84 Å². The molecule has 4 nitrogen and oxygen atoms in total. The monoisotopic (exact) mass is 326 g/mol. The molecule has 0 fully saturated rings. The molecule has 1 aliphatic rings. The van der Waals surface area contributed by atoms with Crippen LogP contribution in [0.5, 0.6) is 0 Å². The molecule has 0 saturated heterocycles. The van der Waals surface area contributed by atoms with Crippen molar-refractivity contribution in [2.75, 3.05) is 0 Å². The lowest BCUT2D eigenvalue weighted by Crippen LogP contribution is -2.37. The van der Waals surface area contributed by atoms with Gasteiger partial charge in [-0.2, -0.15) is 5.10 Å². The van der Waals surface area contributed by atoms with Crippen molar-refractivity contribution in [1.29, 1.82) is 0 Å². The molecule has 1 aromatic heterocycles. The Morgan fingerprint density at radius 1 is 1.47 bits per heavy atom. The highest BCUT2D eigenvalue weighted by atomic mass is 79.9. The van der Waals surface area contributed by atoms with E-state index in [9.17, 15) is 0 Å². The van der Waals surface area contributed by atoms with E-state index in [2.05, 4.69) is 32.5 Å². The van der Waals surface area contributed by atoms with E-state index in [0.29, 0.717) is 0 Å². The molecule has 1 aromatic rings. The maximum Gasteiger partial charge on any atom is 0.0738 e. The van der Waals surface area contributed by atoms with Gasteiger partial charge in [-0.3, -0.25) is 16.0 Å². The summed E-state index contributed by atoms with van der Waals surface area (Å²) in [6.07, 6.45) is 9.41. The molecule has 1 atom stereocenters. The van der Waals surface area contributed by atoms with Crippen LogP contribution in [0.2, 0.25) is 0 Å². The van der Waals surface area contributed by atoms with Gasteiger partial charge in [-0.25, -0.2) is 0 Å². The van der Waals surface area contributed by atoms with Gasteiger partial charge in [-0.05, 0) is 55.0 Å². The Hall–Kier alpha value is -0.650. The lowest BCUT2D eigenvalue weighted by atomic mass is 9.93. The highest BCUT2D eigenvalue weighted by Crippen LogP contribution is 2.25. The molecule has 106 valence electrons. The first-order valence-corrected chi connectivity index (χ1v) is 7.73. The van der Waals surface area contributed by atoms with Gasteiger partial charge in [-0.15, -0.1) is 0 Å². The highest BCUT2D eigenvalue weighted by Gasteiger charge is 2.17. The van der Waals surface area contributed by atoms with Crippen molar-refractivity contribution >= 4 is 15.9 Å². The number of halogens is 1. The average molecular weight is 327 g/mol. The van der Waals surface area contributed by atoms with Gasteiger partial charge in [0.2, 0.25) is 0 Å². The first kappa shape index (κ1) is 14.8. The number of nitrogens with zero attached hydrogens (tertiary/aromatic N) is 2. The predicted molar refractivity (Wildman–Crippen MR) is 81.6 cm³/mol. The van der Waals surface area contributed by atoms with E-state index < -0.39 is 0 Å². The van der Waals surface area contributed by atoms with E-state index in [-0.39, 0.29) is 6.04 Å². The summed E-state index contributed by atoms with van der Waals surface area (Å²) in [7, 11) is 1.99. The third-order valence-electron chi connectivity index (χ3n) is 3.83. The number of hydrazine groups is 1. The van der Waals surface area contributed by atoms with Crippen molar-refractivity contribution < 1.29 is 0 Å². The summed E-state index contributed by atoms with van der Waals surface area (Å²) in [5, 5.41) is 4.43. The highest BCUT2D eigenvalue weighted by molar-refractivity contribution is 9.10. The molecule has 0 aromatic carbocycles. The summed E-state index contributed by atoms with van der Waals surface area (Å²) in [4.78, 5) is 0. The number of aryl methyl sites for hydroxylation is 2.